The van der Waals surface area contributed by atoms with Crippen molar-refractivity contribution in [1.82, 2.24) is 9.97 Å². The van der Waals surface area contributed by atoms with E-state index < -0.39 is 0 Å². The average Bonchev–Trinajstić information content (AvgIpc) is 2.40. The lowest BCUT2D eigenvalue weighted by Gasteiger charge is -2.08. The number of hydrogen-bond donors (Lipinski definition) is 3. The third-order valence-electron chi connectivity index (χ3n) is 2.75. The molecule has 0 aliphatic rings. The fourth-order valence-corrected chi connectivity index (χ4v) is 1.78. The van der Waals surface area contributed by atoms with E-state index in [9.17, 15) is 5.11 Å². The van der Waals surface area contributed by atoms with E-state index in [0.29, 0.717) is 5.75 Å². The molecular formula is C14H18N4O. The summed E-state index contributed by atoms with van der Waals surface area (Å²) in [6, 6.07) is 9.11. The predicted molar refractivity (Wildman–Crippen MR) is 76.6 cm³/mol. The molecule has 0 spiro atoms. The number of nitrogens with one attached hydrogen (secondary N) is 2. The second-order valence-electron chi connectivity index (χ2n) is 4.28. The van der Waals surface area contributed by atoms with E-state index >= 15 is 0 Å². The van der Waals surface area contributed by atoms with Crippen LogP contribution in [0.5, 0.6) is 5.75 Å². The van der Waals surface area contributed by atoms with Gasteiger partial charge in [-0.15, -0.1) is 0 Å². The Morgan fingerprint density at radius 2 is 1.79 bits per heavy atom. The topological polar surface area (TPSA) is 70.1 Å². The van der Waals surface area contributed by atoms with Crippen molar-refractivity contribution in [2.75, 3.05) is 24.2 Å². The third-order valence-corrected chi connectivity index (χ3v) is 2.75. The van der Waals surface area contributed by atoms with Crippen molar-refractivity contribution in [2.45, 2.75) is 13.3 Å². The Labute approximate surface area is 112 Å². The van der Waals surface area contributed by atoms with Gasteiger partial charge in [0.2, 0.25) is 0 Å². The van der Waals surface area contributed by atoms with Gasteiger partial charge in [0.1, 0.15) is 23.2 Å². The third kappa shape index (κ3) is 3.84. The Balaban J connectivity index is 1.92. The molecule has 0 radical (unpaired) electrons. The first-order chi connectivity index (χ1) is 9.17. The standard InChI is InChI=1S/C14H18N4O/c1-10-17-13(15-2)9-14(18-10)16-8-7-11-3-5-12(19)6-4-11/h3-6,9,19H,7-8H2,1-2H3,(H2,15,16,17,18). The number of nitrogens with zero attached hydrogens (tertiary/aromatic N) is 2. The van der Waals surface area contributed by atoms with Gasteiger partial charge in [0.15, 0.2) is 0 Å². The van der Waals surface area contributed by atoms with Crippen LogP contribution in [-0.4, -0.2) is 28.7 Å². The Kier molecular flexibility index (Phi) is 4.18. The van der Waals surface area contributed by atoms with Crippen LogP contribution in [0.4, 0.5) is 11.6 Å². The lowest BCUT2D eigenvalue weighted by Crippen LogP contribution is -2.08. The molecule has 0 aliphatic heterocycles. The number of benzene rings is 1. The minimum atomic E-state index is 0.293. The number of aromatic nitrogens is 2. The zero-order chi connectivity index (χ0) is 13.7. The lowest BCUT2D eigenvalue weighted by atomic mass is 10.1. The second-order valence-corrected chi connectivity index (χ2v) is 4.28. The van der Waals surface area contributed by atoms with Gasteiger partial charge in [-0.25, -0.2) is 9.97 Å². The van der Waals surface area contributed by atoms with E-state index in [1.54, 1.807) is 12.1 Å². The van der Waals surface area contributed by atoms with E-state index in [4.69, 9.17) is 0 Å². The molecule has 1 aromatic carbocycles. The molecule has 19 heavy (non-hydrogen) atoms. The van der Waals surface area contributed by atoms with Gasteiger partial charge < -0.3 is 15.7 Å². The van der Waals surface area contributed by atoms with Crippen molar-refractivity contribution < 1.29 is 5.11 Å². The fourth-order valence-electron chi connectivity index (χ4n) is 1.78. The predicted octanol–water partition coefficient (Wildman–Crippen LogP) is 2.19. The summed E-state index contributed by atoms with van der Waals surface area (Å²) < 4.78 is 0. The molecule has 1 heterocycles. The molecule has 2 rings (SSSR count). The van der Waals surface area contributed by atoms with Crippen molar-refractivity contribution in [1.29, 1.82) is 0 Å². The smallest absolute Gasteiger partial charge is 0.131 e. The van der Waals surface area contributed by atoms with E-state index in [1.807, 2.05) is 32.2 Å². The average molecular weight is 258 g/mol. The van der Waals surface area contributed by atoms with Gasteiger partial charge >= 0.3 is 0 Å². The Hall–Kier alpha value is -2.30. The molecule has 0 saturated carbocycles. The van der Waals surface area contributed by atoms with Crippen LogP contribution in [0.15, 0.2) is 30.3 Å². The summed E-state index contributed by atoms with van der Waals surface area (Å²) in [5, 5.41) is 15.5. The number of phenols is 1. The first-order valence-electron chi connectivity index (χ1n) is 6.22. The number of anilines is 2. The molecule has 0 fully saturated rings. The van der Waals surface area contributed by atoms with Crippen molar-refractivity contribution in [2.24, 2.45) is 0 Å². The number of phenolic OH excluding ortho intramolecular Hbond substituents is 1. The Morgan fingerprint density at radius 1 is 1.11 bits per heavy atom. The van der Waals surface area contributed by atoms with Crippen LogP contribution in [0, 0.1) is 6.92 Å². The molecule has 5 heteroatoms. The highest BCUT2D eigenvalue weighted by atomic mass is 16.3. The monoisotopic (exact) mass is 258 g/mol. The summed E-state index contributed by atoms with van der Waals surface area (Å²) in [7, 11) is 1.84. The minimum Gasteiger partial charge on any atom is -0.508 e. The molecule has 0 unspecified atom stereocenters. The summed E-state index contributed by atoms with van der Waals surface area (Å²) >= 11 is 0. The normalized spacial score (nSPS) is 10.2. The molecule has 0 amide bonds. The van der Waals surface area contributed by atoms with Crippen LogP contribution in [0.25, 0.3) is 0 Å². The summed E-state index contributed by atoms with van der Waals surface area (Å²) in [6.07, 6.45) is 0.873. The van der Waals surface area contributed by atoms with E-state index in [1.165, 1.54) is 5.56 Å². The maximum atomic E-state index is 9.21. The van der Waals surface area contributed by atoms with E-state index in [2.05, 4.69) is 20.6 Å². The van der Waals surface area contributed by atoms with E-state index in [0.717, 1.165) is 30.4 Å². The molecule has 0 bridgehead atoms. The van der Waals surface area contributed by atoms with Crippen LogP contribution in [0.3, 0.4) is 0 Å². The number of rotatable bonds is 5. The summed E-state index contributed by atoms with van der Waals surface area (Å²) in [6.45, 7) is 2.65. The molecule has 1 aromatic heterocycles. The summed E-state index contributed by atoms with van der Waals surface area (Å²) in [5.41, 5.74) is 1.17. The van der Waals surface area contributed by atoms with Crippen molar-refractivity contribution in [3.8, 4) is 5.75 Å². The van der Waals surface area contributed by atoms with Crippen molar-refractivity contribution in [3.63, 3.8) is 0 Å². The van der Waals surface area contributed by atoms with Gasteiger partial charge in [0.05, 0.1) is 0 Å². The maximum Gasteiger partial charge on any atom is 0.131 e. The first kappa shape index (κ1) is 13.1. The summed E-state index contributed by atoms with van der Waals surface area (Å²) in [4.78, 5) is 8.56. The van der Waals surface area contributed by atoms with Crippen LogP contribution < -0.4 is 10.6 Å². The quantitative estimate of drug-likeness (QED) is 0.767. The second kappa shape index (κ2) is 6.04. The van der Waals surface area contributed by atoms with Crippen LogP contribution in [-0.2, 0) is 6.42 Å². The van der Waals surface area contributed by atoms with E-state index in [-0.39, 0.29) is 0 Å². The summed E-state index contributed by atoms with van der Waals surface area (Å²) in [5.74, 6) is 2.65. The SMILES string of the molecule is CNc1cc(NCCc2ccc(O)cc2)nc(C)n1. The van der Waals surface area contributed by atoms with Gasteiger partial charge in [0.25, 0.3) is 0 Å². The molecule has 3 N–H and O–H groups in total. The van der Waals surface area contributed by atoms with Crippen LogP contribution >= 0.6 is 0 Å². The highest BCUT2D eigenvalue weighted by molar-refractivity contribution is 5.47. The largest absolute Gasteiger partial charge is 0.508 e. The highest BCUT2D eigenvalue weighted by Crippen LogP contribution is 2.12. The Morgan fingerprint density at radius 3 is 2.47 bits per heavy atom. The van der Waals surface area contributed by atoms with Crippen LogP contribution in [0.1, 0.15) is 11.4 Å². The fraction of sp³-hybridized carbons (Fsp3) is 0.286. The lowest BCUT2D eigenvalue weighted by molar-refractivity contribution is 0.475. The number of aryl methyl sites for hydroxylation is 1. The van der Waals surface area contributed by atoms with Gasteiger partial charge in [-0.05, 0) is 31.0 Å². The molecule has 100 valence electrons. The molecule has 0 aliphatic carbocycles. The van der Waals surface area contributed by atoms with Gasteiger partial charge in [-0.2, -0.15) is 0 Å². The maximum absolute atomic E-state index is 9.21. The van der Waals surface area contributed by atoms with Gasteiger partial charge in [-0.1, -0.05) is 12.1 Å². The zero-order valence-electron chi connectivity index (χ0n) is 11.1. The molecule has 0 saturated heterocycles. The first-order valence-corrected chi connectivity index (χ1v) is 6.22. The molecule has 5 nitrogen and oxygen atoms in total. The van der Waals surface area contributed by atoms with Gasteiger partial charge in [0, 0.05) is 19.7 Å². The van der Waals surface area contributed by atoms with Gasteiger partial charge in [-0.3, -0.25) is 0 Å². The van der Waals surface area contributed by atoms with Crippen molar-refractivity contribution >= 4 is 11.6 Å². The molecule has 0 atom stereocenters. The highest BCUT2D eigenvalue weighted by Gasteiger charge is 2.00. The minimum absolute atomic E-state index is 0.293. The number of hydrogen-bond acceptors (Lipinski definition) is 5. The zero-order valence-corrected chi connectivity index (χ0v) is 11.1. The van der Waals surface area contributed by atoms with Crippen molar-refractivity contribution in [3.05, 3.63) is 41.7 Å². The molecule has 2 aromatic rings. The molecular weight excluding hydrogens is 240 g/mol. The van der Waals surface area contributed by atoms with Crippen LogP contribution in [0.2, 0.25) is 0 Å². The number of aromatic hydroxyl groups is 1. The Bertz CT molecular complexity index is 540.